The van der Waals surface area contributed by atoms with Crippen molar-refractivity contribution < 1.29 is 4.79 Å². The summed E-state index contributed by atoms with van der Waals surface area (Å²) in [6.07, 6.45) is 2.58. The van der Waals surface area contributed by atoms with E-state index in [0.717, 1.165) is 41.1 Å². The summed E-state index contributed by atoms with van der Waals surface area (Å²) in [5.41, 5.74) is 6.47. The maximum absolute atomic E-state index is 11.8. The molecule has 1 N–H and O–H groups in total. The molecule has 5 rings (SSSR count). The zero-order valence-corrected chi connectivity index (χ0v) is 16.0. The first-order valence-electron chi connectivity index (χ1n) is 9.54. The van der Waals surface area contributed by atoms with Crippen molar-refractivity contribution in [2.75, 3.05) is 18.5 Å². The second-order valence-electron chi connectivity index (χ2n) is 6.95. The lowest BCUT2D eigenvalue weighted by molar-refractivity contribution is 0.0963. The zero-order chi connectivity index (χ0) is 19.8. The molecule has 0 unspecified atom stereocenters. The highest BCUT2D eigenvalue weighted by atomic mass is 16.1. The number of nitrogens with one attached hydrogen (secondary N) is 1. The lowest BCUT2D eigenvalue weighted by atomic mass is 10.1. The second-order valence-corrected chi connectivity index (χ2v) is 6.95. The van der Waals surface area contributed by atoms with Gasteiger partial charge in [-0.2, -0.15) is 0 Å². The minimum Gasteiger partial charge on any atom is -0.355 e. The van der Waals surface area contributed by atoms with Crippen molar-refractivity contribution in [2.45, 2.75) is 6.42 Å². The second kappa shape index (κ2) is 6.98. The first kappa shape index (κ1) is 17.3. The highest BCUT2D eigenvalue weighted by Crippen LogP contribution is 2.36. The van der Waals surface area contributed by atoms with E-state index in [-0.39, 0.29) is 5.91 Å². The van der Waals surface area contributed by atoms with Crippen LogP contribution >= 0.6 is 0 Å². The molecule has 0 atom stereocenters. The molecule has 6 heteroatoms. The van der Waals surface area contributed by atoms with Crippen molar-refractivity contribution in [1.82, 2.24) is 20.3 Å². The highest BCUT2D eigenvalue weighted by Gasteiger charge is 2.23. The highest BCUT2D eigenvalue weighted by molar-refractivity contribution is 5.94. The van der Waals surface area contributed by atoms with Gasteiger partial charge in [-0.05, 0) is 42.3 Å². The van der Waals surface area contributed by atoms with Crippen LogP contribution in [0.3, 0.4) is 0 Å². The zero-order valence-electron chi connectivity index (χ0n) is 16.0. The predicted molar refractivity (Wildman–Crippen MR) is 113 cm³/mol. The maximum Gasteiger partial charge on any atom is 0.251 e. The fraction of sp³-hybridized carbons (Fsp3) is 0.130. The van der Waals surface area contributed by atoms with E-state index in [1.165, 1.54) is 11.3 Å². The monoisotopic (exact) mass is 381 g/mol. The van der Waals surface area contributed by atoms with Crippen LogP contribution in [0.1, 0.15) is 15.9 Å². The lowest BCUT2D eigenvalue weighted by Crippen LogP contribution is -2.17. The predicted octanol–water partition coefficient (Wildman–Crippen LogP) is 3.75. The molecule has 142 valence electrons. The minimum atomic E-state index is -0.105. The number of para-hydroxylation sites is 1. The standard InChI is InChI=1S/C23H19N5O/c1-24-23(29)17-8-6-15(7-9-17)18-10-11-19-21(27-18)22(26-14-25-19)28-13-12-16-4-2-3-5-20(16)28/h2-11,14H,12-13H2,1H3,(H,24,29). The van der Waals surface area contributed by atoms with Crippen LogP contribution in [-0.2, 0) is 6.42 Å². The van der Waals surface area contributed by atoms with Crippen LogP contribution in [0.2, 0.25) is 0 Å². The topological polar surface area (TPSA) is 71.0 Å². The molecule has 0 bridgehead atoms. The Morgan fingerprint density at radius 1 is 1.00 bits per heavy atom. The molecule has 1 aliphatic heterocycles. The molecule has 2 aromatic heterocycles. The Morgan fingerprint density at radius 2 is 1.83 bits per heavy atom. The molecule has 2 aromatic carbocycles. The van der Waals surface area contributed by atoms with Gasteiger partial charge in [0.1, 0.15) is 11.8 Å². The van der Waals surface area contributed by atoms with Crippen molar-refractivity contribution in [3.8, 4) is 11.3 Å². The van der Waals surface area contributed by atoms with Crippen LogP contribution in [0.25, 0.3) is 22.3 Å². The summed E-state index contributed by atoms with van der Waals surface area (Å²) < 4.78 is 0. The Balaban J connectivity index is 1.59. The fourth-order valence-electron chi connectivity index (χ4n) is 3.78. The molecule has 0 fully saturated rings. The summed E-state index contributed by atoms with van der Waals surface area (Å²) in [6, 6.07) is 19.7. The van der Waals surface area contributed by atoms with Gasteiger partial charge in [-0.3, -0.25) is 4.79 Å². The van der Waals surface area contributed by atoms with Gasteiger partial charge in [0.05, 0.1) is 11.2 Å². The number of benzene rings is 2. The lowest BCUT2D eigenvalue weighted by Gasteiger charge is -2.19. The third-order valence-corrected chi connectivity index (χ3v) is 5.28. The minimum absolute atomic E-state index is 0.105. The molecule has 0 spiro atoms. The molecule has 0 radical (unpaired) electrons. The van der Waals surface area contributed by atoms with Crippen molar-refractivity contribution in [1.29, 1.82) is 0 Å². The fourth-order valence-corrected chi connectivity index (χ4v) is 3.78. The van der Waals surface area contributed by atoms with E-state index in [9.17, 15) is 4.79 Å². The van der Waals surface area contributed by atoms with Gasteiger partial charge in [0.25, 0.3) is 5.91 Å². The van der Waals surface area contributed by atoms with Gasteiger partial charge in [-0.1, -0.05) is 30.3 Å². The SMILES string of the molecule is CNC(=O)c1ccc(-c2ccc3ncnc(N4CCc5ccccc54)c3n2)cc1. The van der Waals surface area contributed by atoms with E-state index < -0.39 is 0 Å². The number of aromatic nitrogens is 3. The van der Waals surface area contributed by atoms with E-state index in [4.69, 9.17) is 4.98 Å². The number of pyridine rings is 1. The average Bonchev–Trinajstić information content (AvgIpc) is 3.22. The molecule has 0 saturated carbocycles. The smallest absolute Gasteiger partial charge is 0.251 e. The van der Waals surface area contributed by atoms with Gasteiger partial charge >= 0.3 is 0 Å². The van der Waals surface area contributed by atoms with E-state index in [0.29, 0.717) is 5.56 Å². The Bertz CT molecular complexity index is 1220. The first-order chi connectivity index (χ1) is 14.2. The first-order valence-corrected chi connectivity index (χ1v) is 9.54. The van der Waals surface area contributed by atoms with Gasteiger partial charge in [-0.15, -0.1) is 0 Å². The summed E-state index contributed by atoms with van der Waals surface area (Å²) in [7, 11) is 1.62. The summed E-state index contributed by atoms with van der Waals surface area (Å²) in [5.74, 6) is 0.718. The molecule has 6 nitrogen and oxygen atoms in total. The summed E-state index contributed by atoms with van der Waals surface area (Å²) in [4.78, 5) is 27.9. The normalized spacial score (nSPS) is 12.8. The third kappa shape index (κ3) is 2.99. The molecule has 0 aliphatic carbocycles. The molecular weight excluding hydrogens is 362 g/mol. The number of carbonyl (C=O) groups excluding carboxylic acids is 1. The van der Waals surface area contributed by atoms with E-state index in [1.807, 2.05) is 30.3 Å². The van der Waals surface area contributed by atoms with Crippen LogP contribution in [-0.4, -0.2) is 34.5 Å². The quantitative estimate of drug-likeness (QED) is 0.585. The van der Waals surface area contributed by atoms with E-state index in [1.54, 1.807) is 25.5 Å². The average molecular weight is 381 g/mol. The Kier molecular flexibility index (Phi) is 4.17. The molecule has 1 amide bonds. The van der Waals surface area contributed by atoms with Crippen molar-refractivity contribution >= 4 is 28.4 Å². The Hall–Kier alpha value is -3.80. The number of nitrogens with zero attached hydrogens (tertiary/aromatic N) is 4. The summed E-state index contributed by atoms with van der Waals surface area (Å²) in [5, 5.41) is 2.63. The largest absolute Gasteiger partial charge is 0.355 e. The van der Waals surface area contributed by atoms with Crippen LogP contribution in [0.15, 0.2) is 67.0 Å². The third-order valence-electron chi connectivity index (χ3n) is 5.28. The number of fused-ring (bicyclic) bond motifs is 2. The molecule has 1 aliphatic rings. The van der Waals surface area contributed by atoms with Crippen LogP contribution in [0, 0.1) is 0 Å². The van der Waals surface area contributed by atoms with E-state index >= 15 is 0 Å². The molecule has 29 heavy (non-hydrogen) atoms. The van der Waals surface area contributed by atoms with Gasteiger partial charge < -0.3 is 10.2 Å². The number of anilines is 2. The van der Waals surface area contributed by atoms with Crippen molar-refractivity contribution in [3.05, 3.63) is 78.1 Å². The molecule has 3 heterocycles. The number of amides is 1. The van der Waals surface area contributed by atoms with Crippen molar-refractivity contribution in [2.24, 2.45) is 0 Å². The maximum atomic E-state index is 11.8. The summed E-state index contributed by atoms with van der Waals surface area (Å²) >= 11 is 0. The number of hydrogen-bond acceptors (Lipinski definition) is 5. The molecule has 0 saturated heterocycles. The summed E-state index contributed by atoms with van der Waals surface area (Å²) in [6.45, 7) is 0.873. The van der Waals surface area contributed by atoms with Crippen LogP contribution in [0.4, 0.5) is 11.5 Å². The van der Waals surface area contributed by atoms with Crippen LogP contribution < -0.4 is 10.2 Å². The molecular formula is C23H19N5O. The van der Waals surface area contributed by atoms with Crippen LogP contribution in [0.5, 0.6) is 0 Å². The van der Waals surface area contributed by atoms with Crippen molar-refractivity contribution in [3.63, 3.8) is 0 Å². The van der Waals surface area contributed by atoms with Gasteiger partial charge in [-0.25, -0.2) is 15.0 Å². The van der Waals surface area contributed by atoms with Gasteiger partial charge in [0, 0.05) is 30.4 Å². The van der Waals surface area contributed by atoms with Gasteiger partial charge in [0.15, 0.2) is 5.82 Å². The number of rotatable bonds is 3. The Labute approximate surface area is 168 Å². The Morgan fingerprint density at radius 3 is 2.66 bits per heavy atom. The molecule has 4 aromatic rings. The van der Waals surface area contributed by atoms with E-state index in [2.05, 4.69) is 38.4 Å². The van der Waals surface area contributed by atoms with Gasteiger partial charge in [0.2, 0.25) is 0 Å². The number of hydrogen-bond donors (Lipinski definition) is 1. The number of carbonyl (C=O) groups is 1.